The molecular weight excluding hydrogens is 267 g/mol. The second-order valence-corrected chi connectivity index (χ2v) is 5.65. The Morgan fingerprint density at radius 2 is 1.86 bits per heavy atom. The lowest BCUT2D eigenvalue weighted by atomic mass is 10.2. The minimum absolute atomic E-state index is 0.234. The molecule has 0 radical (unpaired) electrons. The first-order chi connectivity index (χ1) is 10.0. The molecule has 3 nitrogen and oxygen atoms in total. The molecule has 114 valence electrons. The van der Waals surface area contributed by atoms with Crippen LogP contribution in [0.15, 0.2) is 40.8 Å². The summed E-state index contributed by atoms with van der Waals surface area (Å²) in [6.45, 7) is 3.94. The van der Waals surface area contributed by atoms with Crippen molar-refractivity contribution in [1.29, 1.82) is 0 Å². The zero-order valence-corrected chi connectivity index (χ0v) is 12.9. The summed E-state index contributed by atoms with van der Waals surface area (Å²) in [5.74, 6) is 1.43. The number of halogens is 1. The minimum Gasteiger partial charge on any atom is -0.460 e. The van der Waals surface area contributed by atoms with Crippen molar-refractivity contribution in [2.45, 2.75) is 25.9 Å². The van der Waals surface area contributed by atoms with Crippen molar-refractivity contribution in [1.82, 2.24) is 10.2 Å². The maximum Gasteiger partial charge on any atom is 0.134 e. The van der Waals surface area contributed by atoms with Crippen LogP contribution < -0.4 is 5.32 Å². The van der Waals surface area contributed by atoms with Gasteiger partial charge in [-0.1, -0.05) is 0 Å². The van der Waals surface area contributed by atoms with Crippen LogP contribution in [0, 0.1) is 5.82 Å². The van der Waals surface area contributed by atoms with Gasteiger partial charge in [0.2, 0.25) is 0 Å². The van der Waals surface area contributed by atoms with E-state index in [-0.39, 0.29) is 5.82 Å². The lowest BCUT2D eigenvalue weighted by Gasteiger charge is -2.15. The standard InChI is InChI=1S/C17H23FN2O/c1-13(10-11-20(2)3)19-12-16-8-9-17(21-16)14-4-6-15(18)7-5-14/h4-9,13,19H,10-12H2,1-3H3. The molecule has 4 heteroatoms. The highest BCUT2D eigenvalue weighted by Gasteiger charge is 2.07. The topological polar surface area (TPSA) is 28.4 Å². The number of hydrogen-bond donors (Lipinski definition) is 1. The third-order valence-electron chi connectivity index (χ3n) is 3.42. The Morgan fingerprint density at radius 3 is 2.52 bits per heavy atom. The van der Waals surface area contributed by atoms with Gasteiger partial charge in [-0.15, -0.1) is 0 Å². The van der Waals surface area contributed by atoms with Gasteiger partial charge in [-0.25, -0.2) is 4.39 Å². The molecule has 1 N–H and O–H groups in total. The second kappa shape index (κ2) is 7.38. The van der Waals surface area contributed by atoms with Gasteiger partial charge in [0.25, 0.3) is 0 Å². The molecule has 0 aliphatic rings. The number of nitrogens with one attached hydrogen (secondary N) is 1. The fourth-order valence-electron chi connectivity index (χ4n) is 2.07. The summed E-state index contributed by atoms with van der Waals surface area (Å²) in [5, 5.41) is 3.45. The highest BCUT2D eigenvalue weighted by molar-refractivity contribution is 5.57. The molecule has 2 aromatic rings. The van der Waals surface area contributed by atoms with E-state index < -0.39 is 0 Å². The summed E-state index contributed by atoms with van der Waals surface area (Å²) in [6, 6.07) is 10.7. The number of rotatable bonds is 7. The van der Waals surface area contributed by atoms with Crippen molar-refractivity contribution in [2.75, 3.05) is 20.6 Å². The van der Waals surface area contributed by atoms with E-state index in [1.54, 1.807) is 12.1 Å². The Morgan fingerprint density at radius 1 is 1.14 bits per heavy atom. The van der Waals surface area contributed by atoms with E-state index in [4.69, 9.17) is 4.42 Å². The third kappa shape index (κ3) is 4.99. The first kappa shape index (κ1) is 15.7. The number of furan rings is 1. The maximum atomic E-state index is 12.9. The Labute approximate surface area is 125 Å². The quantitative estimate of drug-likeness (QED) is 0.846. The zero-order chi connectivity index (χ0) is 15.2. The normalized spacial score (nSPS) is 12.8. The van der Waals surface area contributed by atoms with Gasteiger partial charge in [0.1, 0.15) is 17.3 Å². The van der Waals surface area contributed by atoms with Gasteiger partial charge in [0.15, 0.2) is 0 Å². The van der Waals surface area contributed by atoms with E-state index in [2.05, 4.69) is 31.2 Å². The first-order valence-electron chi connectivity index (χ1n) is 7.27. The summed E-state index contributed by atoms with van der Waals surface area (Å²) in [5.41, 5.74) is 0.892. The van der Waals surface area contributed by atoms with Crippen LogP contribution in [0.5, 0.6) is 0 Å². The number of benzene rings is 1. The predicted octanol–water partition coefficient (Wildman–Crippen LogP) is 3.52. The van der Waals surface area contributed by atoms with Crippen molar-refractivity contribution in [3.63, 3.8) is 0 Å². The van der Waals surface area contributed by atoms with Gasteiger partial charge in [-0.05, 0) is 70.4 Å². The van der Waals surface area contributed by atoms with Crippen LogP contribution in [-0.4, -0.2) is 31.6 Å². The highest BCUT2D eigenvalue weighted by Crippen LogP contribution is 2.22. The van der Waals surface area contributed by atoms with E-state index in [1.165, 1.54) is 12.1 Å². The van der Waals surface area contributed by atoms with Crippen LogP contribution >= 0.6 is 0 Å². The lowest BCUT2D eigenvalue weighted by Crippen LogP contribution is -2.29. The van der Waals surface area contributed by atoms with Crippen LogP contribution in [0.2, 0.25) is 0 Å². The molecule has 1 aromatic carbocycles. The summed E-state index contributed by atoms with van der Waals surface area (Å²) >= 11 is 0. The molecule has 0 saturated carbocycles. The minimum atomic E-state index is -0.234. The maximum absolute atomic E-state index is 12.9. The monoisotopic (exact) mass is 290 g/mol. The van der Waals surface area contributed by atoms with Crippen molar-refractivity contribution >= 4 is 0 Å². The molecule has 2 rings (SSSR count). The molecule has 21 heavy (non-hydrogen) atoms. The lowest BCUT2D eigenvalue weighted by molar-refractivity contribution is 0.359. The fraction of sp³-hybridized carbons (Fsp3) is 0.412. The van der Waals surface area contributed by atoms with Gasteiger partial charge in [0, 0.05) is 11.6 Å². The Balaban J connectivity index is 1.87. The van der Waals surface area contributed by atoms with E-state index in [0.717, 1.165) is 30.0 Å². The summed E-state index contributed by atoms with van der Waals surface area (Å²) in [4.78, 5) is 2.18. The summed E-state index contributed by atoms with van der Waals surface area (Å²) < 4.78 is 18.7. The average molecular weight is 290 g/mol. The molecule has 1 atom stereocenters. The van der Waals surface area contributed by atoms with E-state index in [1.807, 2.05) is 12.1 Å². The molecule has 0 aliphatic heterocycles. The van der Waals surface area contributed by atoms with Crippen LogP contribution in [0.3, 0.4) is 0 Å². The zero-order valence-electron chi connectivity index (χ0n) is 12.9. The average Bonchev–Trinajstić information content (AvgIpc) is 2.92. The Hall–Kier alpha value is -1.65. The molecule has 0 saturated heterocycles. The molecular formula is C17H23FN2O. The molecule has 0 amide bonds. The van der Waals surface area contributed by atoms with Crippen LogP contribution in [-0.2, 0) is 6.54 Å². The van der Waals surface area contributed by atoms with E-state index in [9.17, 15) is 4.39 Å². The predicted molar refractivity (Wildman–Crippen MR) is 83.6 cm³/mol. The second-order valence-electron chi connectivity index (χ2n) is 5.65. The van der Waals surface area contributed by atoms with Crippen molar-refractivity contribution in [3.05, 3.63) is 48.0 Å². The third-order valence-corrected chi connectivity index (χ3v) is 3.42. The molecule has 1 aromatic heterocycles. The SMILES string of the molecule is CC(CCN(C)C)NCc1ccc(-c2ccc(F)cc2)o1. The van der Waals surface area contributed by atoms with Crippen LogP contribution in [0.1, 0.15) is 19.1 Å². The van der Waals surface area contributed by atoms with Gasteiger partial charge in [-0.2, -0.15) is 0 Å². The smallest absolute Gasteiger partial charge is 0.134 e. The van der Waals surface area contributed by atoms with E-state index in [0.29, 0.717) is 12.6 Å². The van der Waals surface area contributed by atoms with Crippen LogP contribution in [0.4, 0.5) is 4.39 Å². The first-order valence-corrected chi connectivity index (χ1v) is 7.27. The molecule has 1 heterocycles. The summed E-state index contributed by atoms with van der Waals surface area (Å²) in [6.07, 6.45) is 1.10. The van der Waals surface area contributed by atoms with Crippen molar-refractivity contribution in [2.24, 2.45) is 0 Å². The van der Waals surface area contributed by atoms with Crippen molar-refractivity contribution < 1.29 is 8.81 Å². The molecule has 0 spiro atoms. The molecule has 0 fully saturated rings. The van der Waals surface area contributed by atoms with E-state index >= 15 is 0 Å². The van der Waals surface area contributed by atoms with Gasteiger partial charge in [-0.3, -0.25) is 0 Å². The Kier molecular flexibility index (Phi) is 5.53. The van der Waals surface area contributed by atoms with Gasteiger partial charge < -0.3 is 14.6 Å². The Bertz CT molecular complexity index is 548. The van der Waals surface area contributed by atoms with Crippen molar-refractivity contribution in [3.8, 4) is 11.3 Å². The molecule has 0 bridgehead atoms. The largest absolute Gasteiger partial charge is 0.460 e. The van der Waals surface area contributed by atoms with Gasteiger partial charge >= 0.3 is 0 Å². The number of nitrogens with zero attached hydrogens (tertiary/aromatic N) is 1. The summed E-state index contributed by atoms with van der Waals surface area (Å²) in [7, 11) is 4.16. The molecule has 0 aliphatic carbocycles. The van der Waals surface area contributed by atoms with Gasteiger partial charge in [0.05, 0.1) is 6.54 Å². The van der Waals surface area contributed by atoms with Crippen LogP contribution in [0.25, 0.3) is 11.3 Å². The number of hydrogen-bond acceptors (Lipinski definition) is 3. The fourth-order valence-corrected chi connectivity index (χ4v) is 2.07. The molecule has 1 unspecified atom stereocenters. The highest BCUT2D eigenvalue weighted by atomic mass is 19.1.